The second kappa shape index (κ2) is 8.19. The third kappa shape index (κ3) is 3.95. The molecule has 0 spiro atoms. The van der Waals surface area contributed by atoms with Gasteiger partial charge in [0.25, 0.3) is 5.56 Å². The molecule has 0 unspecified atom stereocenters. The first kappa shape index (κ1) is 19.8. The molecule has 2 heterocycles. The number of rotatable bonds is 5. The van der Waals surface area contributed by atoms with Crippen LogP contribution in [-0.2, 0) is 7.05 Å². The molecule has 0 atom stereocenters. The fourth-order valence-electron chi connectivity index (χ4n) is 5.06. The monoisotopic (exact) mass is 412 g/mol. The van der Waals surface area contributed by atoms with E-state index in [1.54, 1.807) is 23.7 Å². The number of hydrogen-bond donors (Lipinski definition) is 0. The van der Waals surface area contributed by atoms with Crippen LogP contribution in [0.2, 0.25) is 0 Å². The van der Waals surface area contributed by atoms with Crippen LogP contribution in [0.3, 0.4) is 0 Å². The number of fused-ring (bicyclic) bond motifs is 1. The highest BCUT2D eigenvalue weighted by Crippen LogP contribution is 2.40. The fourth-order valence-corrected chi connectivity index (χ4v) is 5.06. The molecule has 2 fully saturated rings. The van der Waals surface area contributed by atoms with E-state index in [9.17, 15) is 10.1 Å². The number of anilines is 1. The summed E-state index contributed by atoms with van der Waals surface area (Å²) in [5, 5.41) is 9.40. The minimum atomic E-state index is -0.0206. The van der Waals surface area contributed by atoms with Gasteiger partial charge >= 0.3 is 0 Å². The standard InChI is InChI=1S/C26H28N4O/c1-29-23-14-11-21(16-27)28-26(23)24(15-25(29)31)30(17-18-7-8-18)22-12-9-20(10-13-22)19-5-3-2-4-6-19/h2-6,11,14-15,18,20,22H,7-10,12-13,17H2,1H3. The van der Waals surface area contributed by atoms with Gasteiger partial charge in [-0.05, 0) is 68.1 Å². The lowest BCUT2D eigenvalue weighted by atomic mass is 9.81. The molecule has 2 saturated carbocycles. The highest BCUT2D eigenvalue weighted by Gasteiger charge is 2.33. The molecule has 0 saturated heterocycles. The third-order valence-corrected chi connectivity index (χ3v) is 7.05. The highest BCUT2D eigenvalue weighted by atomic mass is 16.1. The molecule has 1 aromatic carbocycles. The van der Waals surface area contributed by atoms with Gasteiger partial charge in [0.05, 0.1) is 11.2 Å². The molecule has 31 heavy (non-hydrogen) atoms. The predicted octanol–water partition coefficient (Wildman–Crippen LogP) is 4.75. The Labute approximate surface area is 183 Å². The topological polar surface area (TPSA) is 61.9 Å². The minimum absolute atomic E-state index is 0.0206. The lowest BCUT2D eigenvalue weighted by Crippen LogP contribution is -2.40. The Balaban J connectivity index is 1.50. The minimum Gasteiger partial charge on any atom is -0.366 e. The number of aromatic nitrogens is 2. The summed E-state index contributed by atoms with van der Waals surface area (Å²) in [6, 6.07) is 18.7. The van der Waals surface area contributed by atoms with E-state index in [4.69, 9.17) is 0 Å². The highest BCUT2D eigenvalue weighted by molar-refractivity contribution is 5.88. The quantitative estimate of drug-likeness (QED) is 0.607. The Morgan fingerprint density at radius 2 is 1.81 bits per heavy atom. The van der Waals surface area contributed by atoms with Gasteiger partial charge in [0, 0.05) is 25.7 Å². The van der Waals surface area contributed by atoms with E-state index in [1.807, 2.05) is 6.07 Å². The summed E-state index contributed by atoms with van der Waals surface area (Å²) < 4.78 is 1.63. The van der Waals surface area contributed by atoms with Crippen molar-refractivity contribution in [3.8, 4) is 6.07 Å². The van der Waals surface area contributed by atoms with Gasteiger partial charge in [-0.3, -0.25) is 4.79 Å². The Kier molecular flexibility index (Phi) is 5.23. The predicted molar refractivity (Wildman–Crippen MR) is 123 cm³/mol. The van der Waals surface area contributed by atoms with Gasteiger partial charge in [0.15, 0.2) is 0 Å². The molecule has 158 valence electrons. The average molecular weight is 413 g/mol. The van der Waals surface area contributed by atoms with Gasteiger partial charge in [0.2, 0.25) is 0 Å². The molecule has 0 radical (unpaired) electrons. The normalized spacial score (nSPS) is 21.0. The maximum Gasteiger partial charge on any atom is 0.252 e. The van der Waals surface area contributed by atoms with E-state index >= 15 is 0 Å². The molecule has 2 aliphatic rings. The van der Waals surface area contributed by atoms with Crippen LogP contribution in [-0.4, -0.2) is 22.1 Å². The molecule has 2 aliphatic carbocycles. The van der Waals surface area contributed by atoms with Crippen LogP contribution in [0.15, 0.2) is 53.3 Å². The molecule has 5 rings (SSSR count). The first-order valence-corrected chi connectivity index (χ1v) is 11.4. The van der Waals surface area contributed by atoms with E-state index in [-0.39, 0.29) is 5.56 Å². The molecule has 0 bridgehead atoms. The summed E-state index contributed by atoms with van der Waals surface area (Å²) in [5.41, 5.74) is 4.28. The van der Waals surface area contributed by atoms with E-state index in [1.165, 1.54) is 18.4 Å². The summed E-state index contributed by atoms with van der Waals surface area (Å²) >= 11 is 0. The van der Waals surface area contributed by atoms with Gasteiger partial charge in [-0.2, -0.15) is 5.26 Å². The van der Waals surface area contributed by atoms with Crippen molar-refractivity contribution in [1.29, 1.82) is 5.26 Å². The van der Waals surface area contributed by atoms with Crippen LogP contribution in [0.25, 0.3) is 11.0 Å². The van der Waals surface area contributed by atoms with Crippen molar-refractivity contribution in [3.63, 3.8) is 0 Å². The third-order valence-electron chi connectivity index (χ3n) is 7.05. The Bertz CT molecular complexity index is 1180. The van der Waals surface area contributed by atoms with Gasteiger partial charge in [-0.1, -0.05) is 30.3 Å². The molecule has 2 aromatic heterocycles. The van der Waals surface area contributed by atoms with Crippen molar-refractivity contribution in [2.24, 2.45) is 13.0 Å². The van der Waals surface area contributed by atoms with Crippen molar-refractivity contribution < 1.29 is 0 Å². The number of benzene rings is 1. The lowest BCUT2D eigenvalue weighted by molar-refractivity contribution is 0.373. The summed E-state index contributed by atoms with van der Waals surface area (Å²) in [6.07, 6.45) is 7.07. The smallest absolute Gasteiger partial charge is 0.252 e. The van der Waals surface area contributed by atoms with Crippen molar-refractivity contribution in [2.75, 3.05) is 11.4 Å². The summed E-state index contributed by atoms with van der Waals surface area (Å²) in [6.45, 7) is 0.974. The summed E-state index contributed by atoms with van der Waals surface area (Å²) in [4.78, 5) is 19.9. The first-order chi connectivity index (χ1) is 15.1. The largest absolute Gasteiger partial charge is 0.366 e. The van der Waals surface area contributed by atoms with Gasteiger partial charge in [-0.15, -0.1) is 0 Å². The van der Waals surface area contributed by atoms with E-state index in [2.05, 4.69) is 46.3 Å². The fraction of sp³-hybridized carbons (Fsp3) is 0.423. The lowest BCUT2D eigenvalue weighted by Gasteiger charge is -2.39. The van der Waals surface area contributed by atoms with Gasteiger partial charge in [0.1, 0.15) is 17.3 Å². The van der Waals surface area contributed by atoms with Gasteiger partial charge < -0.3 is 9.47 Å². The maximum atomic E-state index is 12.8. The van der Waals surface area contributed by atoms with Crippen LogP contribution in [0.1, 0.15) is 55.7 Å². The number of nitrogens with zero attached hydrogens (tertiary/aromatic N) is 4. The number of pyridine rings is 2. The Morgan fingerprint density at radius 1 is 1.06 bits per heavy atom. The molecule has 5 nitrogen and oxygen atoms in total. The second-order valence-electron chi connectivity index (χ2n) is 9.11. The van der Waals surface area contributed by atoms with Crippen molar-refractivity contribution in [3.05, 3.63) is 70.1 Å². The van der Waals surface area contributed by atoms with E-state index in [0.717, 1.165) is 48.9 Å². The molecule has 0 N–H and O–H groups in total. The number of aryl methyl sites for hydroxylation is 1. The molecule has 0 amide bonds. The molecule has 3 aromatic rings. The second-order valence-corrected chi connectivity index (χ2v) is 9.11. The molecular formula is C26H28N4O. The Hall–Kier alpha value is -3.13. The van der Waals surface area contributed by atoms with Crippen LogP contribution >= 0.6 is 0 Å². The van der Waals surface area contributed by atoms with Gasteiger partial charge in [-0.25, -0.2) is 4.98 Å². The molecular weight excluding hydrogens is 384 g/mol. The zero-order chi connectivity index (χ0) is 21.4. The van der Waals surface area contributed by atoms with Crippen LogP contribution < -0.4 is 10.5 Å². The SMILES string of the molecule is Cn1c(=O)cc(N(CC2CC2)C2CCC(c3ccccc3)CC2)c2nc(C#N)ccc21. The zero-order valence-corrected chi connectivity index (χ0v) is 18.0. The maximum absolute atomic E-state index is 12.8. The first-order valence-electron chi connectivity index (χ1n) is 11.4. The van der Waals surface area contributed by atoms with E-state index < -0.39 is 0 Å². The number of hydrogen-bond acceptors (Lipinski definition) is 4. The number of nitriles is 1. The average Bonchev–Trinajstić information content (AvgIpc) is 3.65. The Morgan fingerprint density at radius 3 is 2.48 bits per heavy atom. The summed E-state index contributed by atoms with van der Waals surface area (Å²) in [5.74, 6) is 1.31. The molecule has 5 heteroatoms. The van der Waals surface area contributed by atoms with Crippen LogP contribution in [0.5, 0.6) is 0 Å². The van der Waals surface area contributed by atoms with E-state index in [0.29, 0.717) is 23.6 Å². The van der Waals surface area contributed by atoms with Crippen molar-refractivity contribution in [1.82, 2.24) is 9.55 Å². The summed E-state index contributed by atoms with van der Waals surface area (Å²) in [7, 11) is 1.78. The molecule has 0 aliphatic heterocycles. The van der Waals surface area contributed by atoms with Crippen LogP contribution in [0.4, 0.5) is 5.69 Å². The van der Waals surface area contributed by atoms with Crippen molar-refractivity contribution in [2.45, 2.75) is 50.5 Å². The van der Waals surface area contributed by atoms with Crippen LogP contribution in [0, 0.1) is 17.2 Å². The zero-order valence-electron chi connectivity index (χ0n) is 18.0. The van der Waals surface area contributed by atoms with Crippen molar-refractivity contribution >= 4 is 16.7 Å².